The molecule has 4 nitrogen and oxygen atoms in total. The van der Waals surface area contributed by atoms with Crippen molar-refractivity contribution in [2.24, 2.45) is 11.7 Å². The smallest absolute Gasteiger partial charge is 0.214 e. The Morgan fingerprint density at radius 2 is 2.00 bits per heavy atom. The van der Waals surface area contributed by atoms with E-state index in [0.29, 0.717) is 17.5 Å². The molecule has 0 bridgehead atoms. The first kappa shape index (κ1) is 15.2. The van der Waals surface area contributed by atoms with E-state index in [-0.39, 0.29) is 5.75 Å². The Kier molecular flexibility index (Phi) is 4.52. The summed E-state index contributed by atoms with van der Waals surface area (Å²) in [5.74, 6) is 0.934. The van der Waals surface area contributed by atoms with Crippen LogP contribution in [0.1, 0.15) is 51.9 Å². The second-order valence-corrected chi connectivity index (χ2v) is 8.30. The van der Waals surface area contributed by atoms with Gasteiger partial charge in [-0.2, -0.15) is 4.31 Å². The van der Waals surface area contributed by atoms with Gasteiger partial charge in [0.25, 0.3) is 0 Å². The first-order valence-electron chi connectivity index (χ1n) is 7.23. The van der Waals surface area contributed by atoms with Crippen LogP contribution in [0.25, 0.3) is 0 Å². The molecule has 19 heavy (non-hydrogen) atoms. The van der Waals surface area contributed by atoms with E-state index in [1.165, 1.54) is 0 Å². The highest BCUT2D eigenvalue weighted by atomic mass is 32.2. The predicted octanol–water partition coefficient (Wildman–Crippen LogP) is 2.04. The minimum Gasteiger partial charge on any atom is -0.392 e. The molecular weight excluding hydrogens is 280 g/mol. The average Bonchev–Trinajstić information content (AvgIpc) is 2.38. The number of hydrogen-bond donors (Lipinski definition) is 1. The van der Waals surface area contributed by atoms with Crippen LogP contribution in [0, 0.1) is 5.92 Å². The van der Waals surface area contributed by atoms with Crippen molar-refractivity contribution in [3.05, 3.63) is 0 Å². The normalized spacial score (nSPS) is 35.9. The van der Waals surface area contributed by atoms with Gasteiger partial charge in [-0.05, 0) is 44.4 Å². The number of nitrogens with zero attached hydrogens (tertiary/aromatic N) is 1. The van der Waals surface area contributed by atoms with E-state index in [9.17, 15) is 8.42 Å². The average molecular weight is 304 g/mol. The van der Waals surface area contributed by atoms with E-state index < -0.39 is 15.6 Å². The van der Waals surface area contributed by atoms with Gasteiger partial charge in [-0.15, -0.1) is 0 Å². The molecule has 6 heteroatoms. The second kappa shape index (κ2) is 5.66. The molecule has 110 valence electrons. The number of rotatable bonds is 3. The van der Waals surface area contributed by atoms with Gasteiger partial charge < -0.3 is 5.73 Å². The van der Waals surface area contributed by atoms with Gasteiger partial charge in [-0.1, -0.05) is 25.6 Å². The Morgan fingerprint density at radius 3 is 2.47 bits per heavy atom. The van der Waals surface area contributed by atoms with Crippen LogP contribution in [-0.4, -0.2) is 35.5 Å². The largest absolute Gasteiger partial charge is 0.392 e. The van der Waals surface area contributed by atoms with E-state index in [1.54, 1.807) is 4.31 Å². The number of hydrogen-bond acceptors (Lipinski definition) is 3. The number of nitrogens with two attached hydrogens (primary N) is 1. The lowest BCUT2D eigenvalue weighted by Gasteiger charge is -2.47. The molecule has 0 radical (unpaired) electrons. The highest BCUT2D eigenvalue weighted by Crippen LogP contribution is 2.40. The maximum Gasteiger partial charge on any atom is 0.214 e. The Bertz CT molecular complexity index is 440. The third-order valence-corrected chi connectivity index (χ3v) is 7.18. The van der Waals surface area contributed by atoms with Crippen LogP contribution in [0.5, 0.6) is 0 Å². The van der Waals surface area contributed by atoms with Crippen LogP contribution in [0.3, 0.4) is 0 Å². The fourth-order valence-electron chi connectivity index (χ4n) is 3.45. The first-order chi connectivity index (χ1) is 8.92. The molecule has 0 unspecified atom stereocenters. The molecule has 2 fully saturated rings. The summed E-state index contributed by atoms with van der Waals surface area (Å²) in [7, 11) is -3.18. The van der Waals surface area contributed by atoms with Crippen molar-refractivity contribution in [3.8, 4) is 0 Å². The lowest BCUT2D eigenvalue weighted by atomic mass is 9.75. The monoisotopic (exact) mass is 304 g/mol. The van der Waals surface area contributed by atoms with E-state index in [4.69, 9.17) is 18.0 Å². The van der Waals surface area contributed by atoms with Crippen molar-refractivity contribution in [3.63, 3.8) is 0 Å². The predicted molar refractivity (Wildman–Crippen MR) is 81.5 cm³/mol. The molecule has 1 heterocycles. The Hall–Kier alpha value is -0.200. The molecular formula is C13H24N2O2S2. The van der Waals surface area contributed by atoms with E-state index in [1.807, 2.05) is 0 Å². The fraction of sp³-hybridized carbons (Fsp3) is 0.923. The third-order valence-electron chi connectivity index (χ3n) is 4.80. The topological polar surface area (TPSA) is 63.4 Å². The van der Waals surface area contributed by atoms with Gasteiger partial charge in [0.15, 0.2) is 0 Å². The van der Waals surface area contributed by atoms with Crippen molar-refractivity contribution < 1.29 is 8.42 Å². The second-order valence-electron chi connectivity index (χ2n) is 5.84. The van der Waals surface area contributed by atoms with Gasteiger partial charge in [0, 0.05) is 6.54 Å². The van der Waals surface area contributed by atoms with Crippen molar-refractivity contribution in [1.82, 2.24) is 4.31 Å². The van der Waals surface area contributed by atoms with E-state index >= 15 is 0 Å². The standard InChI is InChI=1S/C13H24N2O2S2/c1-2-11-5-7-13(8-6-11,12(14)18)15-9-3-4-10-19(15,16)17/h11H,2-10H2,1H3,(H2,14,18). The Morgan fingerprint density at radius 1 is 1.37 bits per heavy atom. The molecule has 2 N–H and O–H groups in total. The van der Waals surface area contributed by atoms with Gasteiger partial charge in [-0.25, -0.2) is 8.42 Å². The maximum atomic E-state index is 12.4. The first-order valence-corrected chi connectivity index (χ1v) is 9.24. The van der Waals surface area contributed by atoms with Crippen molar-refractivity contribution in [1.29, 1.82) is 0 Å². The van der Waals surface area contributed by atoms with Gasteiger partial charge in [0.05, 0.1) is 16.3 Å². The fourth-order valence-corrected chi connectivity index (χ4v) is 5.83. The molecule has 0 atom stereocenters. The van der Waals surface area contributed by atoms with Crippen LogP contribution in [-0.2, 0) is 10.0 Å². The Labute approximate surface area is 121 Å². The van der Waals surface area contributed by atoms with Gasteiger partial charge in [0.2, 0.25) is 10.0 Å². The molecule has 1 aliphatic carbocycles. The molecule has 1 saturated heterocycles. The lowest BCUT2D eigenvalue weighted by Crippen LogP contribution is -2.62. The zero-order chi connectivity index (χ0) is 14.1. The molecule has 0 amide bonds. The quantitative estimate of drug-likeness (QED) is 0.810. The van der Waals surface area contributed by atoms with Gasteiger partial charge in [-0.3, -0.25) is 0 Å². The van der Waals surface area contributed by atoms with Crippen LogP contribution in [0.15, 0.2) is 0 Å². The van der Waals surface area contributed by atoms with Gasteiger partial charge in [0.1, 0.15) is 0 Å². The summed E-state index contributed by atoms with van der Waals surface area (Å²) in [6.07, 6.45) is 6.46. The molecule has 0 aromatic heterocycles. The Balaban J connectivity index is 2.28. The molecule has 2 aliphatic rings. The molecule has 2 rings (SSSR count). The minimum atomic E-state index is -3.18. The molecule has 1 saturated carbocycles. The van der Waals surface area contributed by atoms with Crippen molar-refractivity contribution in [2.45, 2.75) is 57.4 Å². The van der Waals surface area contributed by atoms with Crippen LogP contribution >= 0.6 is 12.2 Å². The summed E-state index contributed by atoms with van der Waals surface area (Å²) in [6.45, 7) is 2.77. The number of thiocarbonyl (C=S) groups is 1. The van der Waals surface area contributed by atoms with Crippen LogP contribution in [0.4, 0.5) is 0 Å². The summed E-state index contributed by atoms with van der Waals surface area (Å²) in [5.41, 5.74) is 5.38. The molecule has 0 aromatic carbocycles. The summed E-state index contributed by atoms with van der Waals surface area (Å²) < 4.78 is 26.3. The van der Waals surface area contributed by atoms with Crippen molar-refractivity contribution >= 4 is 27.2 Å². The van der Waals surface area contributed by atoms with Crippen LogP contribution in [0.2, 0.25) is 0 Å². The zero-order valence-electron chi connectivity index (χ0n) is 11.6. The third kappa shape index (κ3) is 2.81. The number of sulfonamides is 1. The maximum absolute atomic E-state index is 12.4. The minimum absolute atomic E-state index is 0.245. The lowest BCUT2D eigenvalue weighted by molar-refractivity contribution is 0.159. The zero-order valence-corrected chi connectivity index (χ0v) is 13.2. The molecule has 1 aliphatic heterocycles. The molecule has 0 aromatic rings. The van der Waals surface area contributed by atoms with Crippen molar-refractivity contribution in [2.75, 3.05) is 12.3 Å². The molecule has 0 spiro atoms. The summed E-state index contributed by atoms with van der Waals surface area (Å²) >= 11 is 5.26. The van der Waals surface area contributed by atoms with E-state index in [0.717, 1.165) is 44.9 Å². The van der Waals surface area contributed by atoms with E-state index in [2.05, 4.69) is 6.92 Å². The summed E-state index contributed by atoms with van der Waals surface area (Å²) in [4.78, 5) is 0.368. The highest BCUT2D eigenvalue weighted by Gasteiger charge is 2.48. The van der Waals surface area contributed by atoms with Gasteiger partial charge >= 0.3 is 0 Å². The van der Waals surface area contributed by atoms with Crippen LogP contribution < -0.4 is 5.73 Å². The SMILES string of the molecule is CCC1CCC(C(N)=S)(N2CCCCS2(=O)=O)CC1. The summed E-state index contributed by atoms with van der Waals surface area (Å²) in [5, 5.41) is 0. The highest BCUT2D eigenvalue weighted by molar-refractivity contribution is 7.89. The summed E-state index contributed by atoms with van der Waals surface area (Å²) in [6, 6.07) is 0.